The summed E-state index contributed by atoms with van der Waals surface area (Å²) in [5.41, 5.74) is 1.54. The van der Waals surface area contributed by atoms with Gasteiger partial charge in [0.1, 0.15) is 0 Å². The van der Waals surface area contributed by atoms with E-state index in [1.54, 1.807) is 0 Å². The van der Waals surface area contributed by atoms with E-state index in [9.17, 15) is 0 Å². The lowest BCUT2D eigenvalue weighted by molar-refractivity contribution is 0.464. The van der Waals surface area contributed by atoms with Crippen molar-refractivity contribution in [3.63, 3.8) is 0 Å². The smallest absolute Gasteiger partial charge is 0.00339 e. The fraction of sp³-hybridized carbons (Fsp3) is 0.833. The molecule has 0 aliphatic heterocycles. The quantitative estimate of drug-likeness (QED) is 0.442. The molecule has 0 N–H and O–H groups in total. The molecule has 0 aromatic carbocycles. The second-order valence-electron chi connectivity index (χ2n) is 3.73. The first-order chi connectivity index (χ1) is 6.24. The minimum Gasteiger partial charge on any atom is -0.0928 e. The van der Waals surface area contributed by atoms with E-state index in [0.717, 1.165) is 11.2 Å². The summed E-state index contributed by atoms with van der Waals surface area (Å²) in [4.78, 5) is 0. The molecule has 1 unspecified atom stereocenters. The molecule has 0 aliphatic rings. The van der Waals surface area contributed by atoms with Crippen molar-refractivity contribution in [1.82, 2.24) is 0 Å². The van der Waals surface area contributed by atoms with Crippen LogP contribution < -0.4 is 0 Å². The molecule has 0 aromatic heterocycles. The van der Waals surface area contributed by atoms with Crippen LogP contribution in [0.5, 0.6) is 0 Å². The Bertz CT molecular complexity index is 138. The van der Waals surface area contributed by atoms with E-state index >= 15 is 0 Å². The molecule has 0 radical (unpaired) electrons. The highest BCUT2D eigenvalue weighted by Crippen LogP contribution is 2.17. The molecule has 0 bridgehead atoms. The predicted octanol–water partition coefficient (Wildman–Crippen LogP) is 4.93. The lowest BCUT2D eigenvalue weighted by Crippen LogP contribution is -1.98. The van der Waals surface area contributed by atoms with Crippen LogP contribution in [0.25, 0.3) is 0 Å². The summed E-state index contributed by atoms with van der Waals surface area (Å²) in [6.07, 6.45) is 8.89. The molecule has 0 aliphatic carbocycles. The van der Waals surface area contributed by atoms with E-state index in [0.29, 0.717) is 0 Å². The highest BCUT2D eigenvalue weighted by Gasteiger charge is 2.03. The number of allylic oxidation sites excluding steroid dienone is 2. The molecular formula is C12H23Br. The molecule has 0 saturated carbocycles. The molecule has 1 heteroatoms. The van der Waals surface area contributed by atoms with Crippen LogP contribution in [0.4, 0.5) is 0 Å². The Balaban J connectivity index is 3.59. The molecule has 0 amide bonds. The average Bonchev–Trinajstić information content (AvgIpc) is 2.16. The summed E-state index contributed by atoms with van der Waals surface area (Å²) in [5, 5.41) is 1.15. The van der Waals surface area contributed by atoms with E-state index in [1.807, 2.05) is 0 Å². The predicted molar refractivity (Wildman–Crippen MR) is 65.5 cm³/mol. The van der Waals surface area contributed by atoms with Gasteiger partial charge in [0.2, 0.25) is 0 Å². The zero-order valence-electron chi connectivity index (χ0n) is 9.28. The number of hydrogen-bond donors (Lipinski definition) is 0. The Hall–Kier alpha value is 0.220. The second kappa shape index (κ2) is 8.80. The Morgan fingerprint density at radius 2 is 2.00 bits per heavy atom. The maximum Gasteiger partial charge on any atom is 0.00339 e. The van der Waals surface area contributed by atoms with Crippen LogP contribution >= 0.6 is 15.9 Å². The van der Waals surface area contributed by atoms with Crippen LogP contribution in [-0.4, -0.2) is 5.33 Å². The molecule has 0 fully saturated rings. The van der Waals surface area contributed by atoms with E-state index in [1.165, 1.54) is 37.7 Å². The lowest BCUT2D eigenvalue weighted by atomic mass is 9.97. The van der Waals surface area contributed by atoms with E-state index in [-0.39, 0.29) is 0 Å². The summed E-state index contributed by atoms with van der Waals surface area (Å²) in [6.45, 7) is 6.75. The fourth-order valence-corrected chi connectivity index (χ4v) is 2.06. The van der Waals surface area contributed by atoms with Gasteiger partial charge in [0.25, 0.3) is 0 Å². The van der Waals surface area contributed by atoms with Crippen molar-refractivity contribution >= 4 is 15.9 Å². The second-order valence-corrected chi connectivity index (χ2v) is 4.53. The van der Waals surface area contributed by atoms with Crippen LogP contribution in [0.15, 0.2) is 11.6 Å². The van der Waals surface area contributed by atoms with Crippen LogP contribution in [0.2, 0.25) is 0 Å². The van der Waals surface area contributed by atoms with Crippen molar-refractivity contribution in [2.24, 2.45) is 5.92 Å². The molecule has 0 rings (SSSR count). The van der Waals surface area contributed by atoms with Crippen LogP contribution in [-0.2, 0) is 0 Å². The van der Waals surface area contributed by atoms with Gasteiger partial charge in [0.15, 0.2) is 0 Å². The lowest BCUT2D eigenvalue weighted by Gasteiger charge is -2.11. The summed E-state index contributed by atoms with van der Waals surface area (Å²) >= 11 is 3.51. The third kappa shape index (κ3) is 7.30. The molecule has 0 spiro atoms. The van der Waals surface area contributed by atoms with E-state index in [4.69, 9.17) is 0 Å². The van der Waals surface area contributed by atoms with Gasteiger partial charge in [-0.25, -0.2) is 0 Å². The molecule has 1 atom stereocenters. The van der Waals surface area contributed by atoms with Crippen molar-refractivity contribution in [3.8, 4) is 0 Å². The van der Waals surface area contributed by atoms with Gasteiger partial charge in [-0.2, -0.15) is 0 Å². The molecule has 78 valence electrons. The zero-order chi connectivity index (χ0) is 10.1. The molecule has 0 saturated heterocycles. The molecule has 0 heterocycles. The molecule has 13 heavy (non-hydrogen) atoms. The highest BCUT2D eigenvalue weighted by atomic mass is 79.9. The average molecular weight is 247 g/mol. The van der Waals surface area contributed by atoms with Gasteiger partial charge in [-0.3, -0.25) is 0 Å². The molecule has 0 nitrogen and oxygen atoms in total. The molecule has 0 aromatic rings. The summed E-state index contributed by atoms with van der Waals surface area (Å²) < 4.78 is 0. The first kappa shape index (κ1) is 13.2. The number of halogens is 1. The Morgan fingerprint density at radius 1 is 1.31 bits per heavy atom. The summed E-state index contributed by atoms with van der Waals surface area (Å²) in [7, 11) is 0. The Labute approximate surface area is 91.9 Å². The molecular weight excluding hydrogens is 224 g/mol. The highest BCUT2D eigenvalue weighted by molar-refractivity contribution is 9.09. The Kier molecular flexibility index (Phi) is 8.95. The van der Waals surface area contributed by atoms with Gasteiger partial charge in [-0.15, -0.1) is 0 Å². The Morgan fingerprint density at radius 3 is 2.46 bits per heavy atom. The van der Waals surface area contributed by atoms with Gasteiger partial charge >= 0.3 is 0 Å². The van der Waals surface area contributed by atoms with Crippen molar-refractivity contribution in [2.75, 3.05) is 5.33 Å². The van der Waals surface area contributed by atoms with Gasteiger partial charge in [-0.1, -0.05) is 47.8 Å². The number of rotatable bonds is 7. The third-order valence-corrected chi connectivity index (χ3v) is 3.18. The topological polar surface area (TPSA) is 0 Å². The fourth-order valence-electron chi connectivity index (χ4n) is 1.42. The number of alkyl halides is 1. The summed E-state index contributed by atoms with van der Waals surface area (Å²) in [6, 6.07) is 0. The first-order valence-corrected chi connectivity index (χ1v) is 6.58. The van der Waals surface area contributed by atoms with E-state index < -0.39 is 0 Å². The van der Waals surface area contributed by atoms with E-state index in [2.05, 4.69) is 42.8 Å². The minimum atomic E-state index is 0.917. The minimum absolute atomic E-state index is 0.917. The standard InChI is InChI=1S/C12H23Br/c1-4-11(3)7-6-8-12(5-2)9-10-13/h7,12H,4-6,8-10H2,1-3H3. The van der Waals surface area contributed by atoms with Gasteiger partial charge in [0, 0.05) is 5.33 Å². The van der Waals surface area contributed by atoms with Crippen LogP contribution in [0.1, 0.15) is 52.9 Å². The monoisotopic (exact) mass is 246 g/mol. The number of hydrogen-bond acceptors (Lipinski definition) is 0. The van der Waals surface area contributed by atoms with Crippen molar-refractivity contribution in [1.29, 1.82) is 0 Å². The van der Waals surface area contributed by atoms with Gasteiger partial charge < -0.3 is 0 Å². The van der Waals surface area contributed by atoms with Crippen LogP contribution in [0, 0.1) is 5.92 Å². The third-order valence-electron chi connectivity index (χ3n) is 2.72. The first-order valence-electron chi connectivity index (χ1n) is 5.46. The van der Waals surface area contributed by atoms with Crippen molar-refractivity contribution in [3.05, 3.63) is 11.6 Å². The zero-order valence-corrected chi connectivity index (χ0v) is 10.9. The normalized spacial score (nSPS) is 14.6. The van der Waals surface area contributed by atoms with Crippen LogP contribution in [0.3, 0.4) is 0 Å². The maximum absolute atomic E-state index is 3.51. The largest absolute Gasteiger partial charge is 0.0928 e. The van der Waals surface area contributed by atoms with Crippen molar-refractivity contribution < 1.29 is 0 Å². The van der Waals surface area contributed by atoms with Crippen molar-refractivity contribution in [2.45, 2.75) is 52.9 Å². The van der Waals surface area contributed by atoms with Gasteiger partial charge in [-0.05, 0) is 38.5 Å². The van der Waals surface area contributed by atoms with Gasteiger partial charge in [0.05, 0.1) is 0 Å². The summed E-state index contributed by atoms with van der Waals surface area (Å²) in [5.74, 6) is 0.917. The SMILES string of the molecule is CCC(C)=CCCC(CC)CCBr. The maximum atomic E-state index is 3.51.